The molecule has 0 aromatic heterocycles. The first kappa shape index (κ1) is 15.6. The van der Waals surface area contributed by atoms with Gasteiger partial charge in [-0.1, -0.05) is 36.4 Å². The van der Waals surface area contributed by atoms with Crippen LogP contribution in [-0.4, -0.2) is 18.2 Å². The maximum atomic E-state index is 11.7. The lowest BCUT2D eigenvalue weighted by Crippen LogP contribution is -2.08. The predicted octanol–water partition coefficient (Wildman–Crippen LogP) is 3.65. The molecule has 2 aromatic carbocycles. The molecule has 114 valence electrons. The molecule has 0 heterocycles. The van der Waals surface area contributed by atoms with E-state index >= 15 is 0 Å². The van der Waals surface area contributed by atoms with Gasteiger partial charge in [-0.15, -0.1) is 0 Å². The number of benzene rings is 2. The van der Waals surface area contributed by atoms with Gasteiger partial charge < -0.3 is 14.6 Å². The van der Waals surface area contributed by atoms with E-state index in [1.54, 1.807) is 12.1 Å². The number of carbonyl (C=O) groups is 1. The number of carbonyl (C=O) groups excluding carboxylic acids is 1. The highest BCUT2D eigenvalue weighted by Gasteiger charge is 2.16. The second kappa shape index (κ2) is 7.31. The summed E-state index contributed by atoms with van der Waals surface area (Å²) in [5.74, 6) is 0.160. The third-order valence-corrected chi connectivity index (χ3v) is 3.23. The molecule has 0 aliphatic carbocycles. The summed E-state index contributed by atoms with van der Waals surface area (Å²) in [6, 6.07) is 15.0. The summed E-state index contributed by atoms with van der Waals surface area (Å²) in [6.07, 6.45) is 0.761. The number of hydrogen-bond acceptors (Lipinski definition) is 4. The lowest BCUT2D eigenvalue weighted by atomic mass is 10.0. The van der Waals surface area contributed by atoms with Gasteiger partial charge >= 0.3 is 5.97 Å². The van der Waals surface area contributed by atoms with Crippen LogP contribution in [0.4, 0.5) is 0 Å². The molecule has 0 fully saturated rings. The zero-order valence-electron chi connectivity index (χ0n) is 12.6. The molecule has 0 amide bonds. The van der Waals surface area contributed by atoms with Crippen LogP contribution in [0.5, 0.6) is 5.75 Å². The first-order valence-electron chi connectivity index (χ1n) is 6.86. The molecule has 0 saturated heterocycles. The van der Waals surface area contributed by atoms with E-state index in [-0.39, 0.29) is 12.2 Å². The molecule has 4 nitrogen and oxygen atoms in total. The monoisotopic (exact) mass is 298 g/mol. The second-order valence-electron chi connectivity index (χ2n) is 4.80. The average molecular weight is 298 g/mol. The van der Waals surface area contributed by atoms with Gasteiger partial charge in [-0.3, -0.25) is 0 Å². The quantitative estimate of drug-likeness (QED) is 0.520. The summed E-state index contributed by atoms with van der Waals surface area (Å²) in [5.41, 5.74) is 2.58. The number of rotatable bonds is 5. The number of aliphatic hydroxyl groups is 1. The Morgan fingerprint density at radius 1 is 1.18 bits per heavy atom. The van der Waals surface area contributed by atoms with Gasteiger partial charge in [0.1, 0.15) is 17.9 Å². The van der Waals surface area contributed by atoms with Gasteiger partial charge in [0, 0.05) is 0 Å². The second-order valence-corrected chi connectivity index (χ2v) is 4.80. The number of hydrogen-bond donors (Lipinski definition) is 1. The van der Waals surface area contributed by atoms with Crippen molar-refractivity contribution >= 4 is 11.5 Å². The molecule has 0 unspecified atom stereocenters. The van der Waals surface area contributed by atoms with Crippen molar-refractivity contribution in [1.29, 1.82) is 0 Å². The average Bonchev–Trinajstić information content (AvgIpc) is 2.54. The number of esters is 1. The molecule has 22 heavy (non-hydrogen) atoms. The standard InChI is InChI=1S/C18H18O4/c1-13-6-5-8-15(10-13)22-12-14-7-3-4-9-16(14)17(11-19)18(20)21-2/h3-11,19H,12H2,1-2H3/b17-11+. The van der Waals surface area contributed by atoms with Crippen LogP contribution in [0.25, 0.3) is 5.57 Å². The van der Waals surface area contributed by atoms with Gasteiger partial charge in [-0.2, -0.15) is 0 Å². The highest BCUT2D eigenvalue weighted by molar-refractivity contribution is 6.16. The van der Waals surface area contributed by atoms with Crippen LogP contribution in [-0.2, 0) is 16.1 Å². The van der Waals surface area contributed by atoms with Crippen molar-refractivity contribution in [2.75, 3.05) is 7.11 Å². The van der Waals surface area contributed by atoms with E-state index in [2.05, 4.69) is 4.74 Å². The van der Waals surface area contributed by atoms with Crippen molar-refractivity contribution in [3.05, 3.63) is 71.5 Å². The van der Waals surface area contributed by atoms with Crippen LogP contribution >= 0.6 is 0 Å². The first-order valence-corrected chi connectivity index (χ1v) is 6.86. The minimum absolute atomic E-state index is 0.103. The molecule has 2 rings (SSSR count). The van der Waals surface area contributed by atoms with Crippen LogP contribution in [0.3, 0.4) is 0 Å². The maximum absolute atomic E-state index is 11.7. The molecule has 0 aliphatic rings. The van der Waals surface area contributed by atoms with E-state index in [0.29, 0.717) is 5.56 Å². The van der Waals surface area contributed by atoms with Crippen molar-refractivity contribution in [3.8, 4) is 5.75 Å². The fraction of sp³-hybridized carbons (Fsp3) is 0.167. The summed E-state index contributed by atoms with van der Waals surface area (Å²) in [6.45, 7) is 2.28. The molecule has 0 aliphatic heterocycles. The molecular weight excluding hydrogens is 280 g/mol. The van der Waals surface area contributed by atoms with Gasteiger partial charge in [0.25, 0.3) is 0 Å². The molecule has 1 N–H and O–H groups in total. The van der Waals surface area contributed by atoms with E-state index < -0.39 is 5.97 Å². The van der Waals surface area contributed by atoms with Crippen LogP contribution in [0.1, 0.15) is 16.7 Å². The normalized spacial score (nSPS) is 11.1. The Morgan fingerprint density at radius 2 is 1.95 bits per heavy atom. The smallest absolute Gasteiger partial charge is 0.341 e. The Labute approximate surface area is 129 Å². The van der Waals surface area contributed by atoms with E-state index in [0.717, 1.165) is 23.1 Å². The third-order valence-electron chi connectivity index (χ3n) is 3.23. The van der Waals surface area contributed by atoms with Crippen molar-refractivity contribution in [2.45, 2.75) is 13.5 Å². The van der Waals surface area contributed by atoms with Crippen molar-refractivity contribution < 1.29 is 19.4 Å². The number of aliphatic hydroxyl groups excluding tert-OH is 1. The highest BCUT2D eigenvalue weighted by atomic mass is 16.5. The zero-order chi connectivity index (χ0) is 15.9. The molecule has 0 saturated carbocycles. The highest BCUT2D eigenvalue weighted by Crippen LogP contribution is 2.22. The van der Waals surface area contributed by atoms with Crippen LogP contribution in [0.2, 0.25) is 0 Å². The molecule has 0 radical (unpaired) electrons. The Bertz CT molecular complexity index is 689. The van der Waals surface area contributed by atoms with Crippen LogP contribution in [0, 0.1) is 6.92 Å². The summed E-state index contributed by atoms with van der Waals surface area (Å²) in [7, 11) is 1.28. The Kier molecular flexibility index (Phi) is 5.20. The summed E-state index contributed by atoms with van der Waals surface area (Å²) < 4.78 is 10.4. The van der Waals surface area contributed by atoms with E-state index in [4.69, 9.17) is 4.74 Å². The summed E-state index contributed by atoms with van der Waals surface area (Å²) >= 11 is 0. The lowest BCUT2D eigenvalue weighted by molar-refractivity contribution is -0.133. The van der Waals surface area contributed by atoms with E-state index in [1.165, 1.54) is 7.11 Å². The SMILES string of the molecule is COC(=O)/C(=C/O)c1ccccc1COc1cccc(C)c1. The lowest BCUT2D eigenvalue weighted by Gasteiger charge is -2.12. The number of aryl methyl sites for hydroxylation is 1. The topological polar surface area (TPSA) is 55.8 Å². The molecule has 0 spiro atoms. The minimum atomic E-state index is -0.592. The summed E-state index contributed by atoms with van der Waals surface area (Å²) in [4.78, 5) is 11.7. The Morgan fingerprint density at radius 3 is 2.64 bits per heavy atom. The molecule has 0 atom stereocenters. The minimum Gasteiger partial charge on any atom is -0.515 e. The van der Waals surface area contributed by atoms with Crippen molar-refractivity contribution in [3.63, 3.8) is 0 Å². The largest absolute Gasteiger partial charge is 0.515 e. The number of methoxy groups -OCH3 is 1. The van der Waals surface area contributed by atoms with Gasteiger partial charge in [0.2, 0.25) is 0 Å². The Balaban J connectivity index is 2.23. The van der Waals surface area contributed by atoms with Crippen LogP contribution in [0.15, 0.2) is 54.8 Å². The maximum Gasteiger partial charge on any atom is 0.341 e. The first-order chi connectivity index (χ1) is 10.7. The Hall–Kier alpha value is -2.75. The van der Waals surface area contributed by atoms with Crippen molar-refractivity contribution in [1.82, 2.24) is 0 Å². The molecular formula is C18H18O4. The number of ether oxygens (including phenoxy) is 2. The predicted molar refractivity (Wildman–Crippen MR) is 84.6 cm³/mol. The fourth-order valence-corrected chi connectivity index (χ4v) is 2.12. The van der Waals surface area contributed by atoms with Gasteiger partial charge in [-0.05, 0) is 35.7 Å². The zero-order valence-corrected chi connectivity index (χ0v) is 12.6. The van der Waals surface area contributed by atoms with E-state index in [1.807, 2.05) is 43.3 Å². The van der Waals surface area contributed by atoms with Crippen molar-refractivity contribution in [2.24, 2.45) is 0 Å². The molecule has 2 aromatic rings. The van der Waals surface area contributed by atoms with Gasteiger partial charge in [0.15, 0.2) is 0 Å². The van der Waals surface area contributed by atoms with Gasteiger partial charge in [0.05, 0.1) is 13.4 Å². The molecule has 0 bridgehead atoms. The van der Waals surface area contributed by atoms with Crippen LogP contribution < -0.4 is 4.74 Å². The fourth-order valence-electron chi connectivity index (χ4n) is 2.12. The molecule has 4 heteroatoms. The van der Waals surface area contributed by atoms with Gasteiger partial charge in [-0.25, -0.2) is 4.79 Å². The van der Waals surface area contributed by atoms with E-state index in [9.17, 15) is 9.90 Å². The third kappa shape index (κ3) is 3.67. The summed E-state index contributed by atoms with van der Waals surface area (Å²) in [5, 5.41) is 9.32.